The predicted octanol–water partition coefficient (Wildman–Crippen LogP) is 4.35. The SMILES string of the molecule is CCC1=CC=CCC1N(C)c1ccccc1CC. The van der Waals surface area contributed by atoms with Gasteiger partial charge in [-0.05, 0) is 36.5 Å². The van der Waals surface area contributed by atoms with E-state index in [1.165, 1.54) is 16.8 Å². The molecule has 1 aliphatic rings. The molecule has 0 saturated carbocycles. The zero-order valence-electron chi connectivity index (χ0n) is 11.7. The maximum atomic E-state index is 2.44. The lowest BCUT2D eigenvalue weighted by Crippen LogP contribution is -2.34. The van der Waals surface area contributed by atoms with Crippen LogP contribution in [0.2, 0.25) is 0 Å². The number of hydrogen-bond acceptors (Lipinski definition) is 1. The highest BCUT2D eigenvalue weighted by molar-refractivity contribution is 5.55. The van der Waals surface area contributed by atoms with E-state index in [2.05, 4.69) is 68.3 Å². The van der Waals surface area contributed by atoms with E-state index < -0.39 is 0 Å². The van der Waals surface area contributed by atoms with E-state index in [9.17, 15) is 0 Å². The molecular formula is C17H23N. The number of nitrogens with zero attached hydrogens (tertiary/aromatic N) is 1. The Morgan fingerprint density at radius 2 is 1.94 bits per heavy atom. The van der Waals surface area contributed by atoms with Crippen LogP contribution in [0.5, 0.6) is 0 Å². The van der Waals surface area contributed by atoms with Crippen LogP contribution in [-0.4, -0.2) is 13.1 Å². The first-order valence-corrected chi connectivity index (χ1v) is 6.94. The smallest absolute Gasteiger partial charge is 0.0536 e. The van der Waals surface area contributed by atoms with Crippen LogP contribution >= 0.6 is 0 Å². The van der Waals surface area contributed by atoms with Gasteiger partial charge in [0.05, 0.1) is 6.04 Å². The van der Waals surface area contributed by atoms with Crippen LogP contribution in [0, 0.1) is 0 Å². The topological polar surface area (TPSA) is 3.24 Å². The van der Waals surface area contributed by atoms with E-state index in [1.807, 2.05) is 0 Å². The fraction of sp³-hybridized carbons (Fsp3) is 0.412. The van der Waals surface area contributed by atoms with Gasteiger partial charge < -0.3 is 4.90 Å². The Balaban J connectivity index is 2.28. The first kappa shape index (κ1) is 12.9. The molecule has 1 aromatic rings. The van der Waals surface area contributed by atoms with Crippen molar-refractivity contribution in [3.63, 3.8) is 0 Å². The Kier molecular flexibility index (Phi) is 4.24. The minimum Gasteiger partial charge on any atom is -0.367 e. The normalized spacial score (nSPS) is 18.6. The van der Waals surface area contributed by atoms with Crippen LogP contribution in [0.3, 0.4) is 0 Å². The molecule has 0 spiro atoms. The lowest BCUT2D eigenvalue weighted by molar-refractivity contribution is 0.688. The quantitative estimate of drug-likeness (QED) is 0.757. The summed E-state index contributed by atoms with van der Waals surface area (Å²) in [6, 6.07) is 9.27. The number of aryl methyl sites for hydroxylation is 1. The third-order valence-corrected chi connectivity index (χ3v) is 3.86. The van der Waals surface area contributed by atoms with Gasteiger partial charge in [0.1, 0.15) is 0 Å². The van der Waals surface area contributed by atoms with Crippen LogP contribution in [0.15, 0.2) is 48.1 Å². The van der Waals surface area contributed by atoms with E-state index in [0.29, 0.717) is 6.04 Å². The fourth-order valence-corrected chi connectivity index (χ4v) is 2.74. The lowest BCUT2D eigenvalue weighted by Gasteiger charge is -2.34. The van der Waals surface area contributed by atoms with Gasteiger partial charge in [-0.1, -0.05) is 50.3 Å². The standard InChI is InChI=1S/C17H23N/c1-4-14-10-6-8-12-16(14)18(3)17-13-9-7-11-15(17)5-2/h6-12,17H,4-5,13H2,1-3H3. The van der Waals surface area contributed by atoms with Crippen molar-refractivity contribution in [2.45, 2.75) is 39.2 Å². The van der Waals surface area contributed by atoms with Crippen molar-refractivity contribution in [2.24, 2.45) is 0 Å². The van der Waals surface area contributed by atoms with E-state index in [1.54, 1.807) is 0 Å². The molecule has 0 radical (unpaired) electrons. The fourth-order valence-electron chi connectivity index (χ4n) is 2.74. The van der Waals surface area contributed by atoms with E-state index >= 15 is 0 Å². The average molecular weight is 241 g/mol. The number of allylic oxidation sites excluding steroid dienone is 2. The molecule has 0 amide bonds. The van der Waals surface area contributed by atoms with Crippen molar-refractivity contribution in [1.82, 2.24) is 0 Å². The van der Waals surface area contributed by atoms with E-state index in [4.69, 9.17) is 0 Å². The third kappa shape index (κ3) is 2.50. The second-order valence-electron chi connectivity index (χ2n) is 4.87. The number of anilines is 1. The zero-order chi connectivity index (χ0) is 13.0. The maximum Gasteiger partial charge on any atom is 0.0536 e. The van der Waals surface area contributed by atoms with Gasteiger partial charge in [0.15, 0.2) is 0 Å². The first-order chi connectivity index (χ1) is 8.77. The summed E-state index contributed by atoms with van der Waals surface area (Å²) in [6.07, 6.45) is 10.1. The van der Waals surface area contributed by atoms with Crippen LogP contribution < -0.4 is 4.90 Å². The number of rotatable bonds is 4. The second-order valence-corrected chi connectivity index (χ2v) is 4.87. The van der Waals surface area contributed by atoms with Gasteiger partial charge in [0.25, 0.3) is 0 Å². The van der Waals surface area contributed by atoms with Crippen molar-refractivity contribution in [1.29, 1.82) is 0 Å². The van der Waals surface area contributed by atoms with Crippen LogP contribution in [0.4, 0.5) is 5.69 Å². The van der Waals surface area contributed by atoms with Gasteiger partial charge in [-0.15, -0.1) is 0 Å². The highest BCUT2D eigenvalue weighted by atomic mass is 15.1. The third-order valence-electron chi connectivity index (χ3n) is 3.86. The number of para-hydroxylation sites is 1. The molecule has 0 aliphatic heterocycles. The Morgan fingerprint density at radius 3 is 2.67 bits per heavy atom. The molecule has 0 saturated heterocycles. The summed E-state index contributed by atoms with van der Waals surface area (Å²) in [5.74, 6) is 0. The predicted molar refractivity (Wildman–Crippen MR) is 80.1 cm³/mol. The van der Waals surface area contributed by atoms with Crippen molar-refractivity contribution in [2.75, 3.05) is 11.9 Å². The molecule has 0 heterocycles. The molecule has 1 aliphatic carbocycles. The summed E-state index contributed by atoms with van der Waals surface area (Å²) >= 11 is 0. The van der Waals surface area contributed by atoms with E-state index in [-0.39, 0.29) is 0 Å². The highest BCUT2D eigenvalue weighted by Gasteiger charge is 2.20. The number of benzene rings is 1. The van der Waals surface area contributed by atoms with Crippen LogP contribution in [-0.2, 0) is 6.42 Å². The molecule has 0 aromatic heterocycles. The lowest BCUT2D eigenvalue weighted by atomic mass is 9.94. The molecule has 1 heteroatoms. The van der Waals surface area contributed by atoms with Crippen molar-refractivity contribution in [3.8, 4) is 0 Å². The number of hydrogen-bond donors (Lipinski definition) is 0. The molecular weight excluding hydrogens is 218 g/mol. The van der Waals surface area contributed by atoms with Crippen molar-refractivity contribution < 1.29 is 0 Å². The molecule has 1 nitrogen and oxygen atoms in total. The molecule has 96 valence electrons. The van der Waals surface area contributed by atoms with Gasteiger partial charge in [-0.25, -0.2) is 0 Å². The molecule has 1 unspecified atom stereocenters. The molecule has 1 atom stereocenters. The van der Waals surface area contributed by atoms with Crippen molar-refractivity contribution >= 4 is 5.69 Å². The monoisotopic (exact) mass is 241 g/mol. The summed E-state index contributed by atoms with van der Waals surface area (Å²) in [5.41, 5.74) is 4.34. The summed E-state index contributed by atoms with van der Waals surface area (Å²) in [7, 11) is 2.22. The molecule has 18 heavy (non-hydrogen) atoms. The van der Waals surface area contributed by atoms with E-state index in [0.717, 1.165) is 19.3 Å². The molecule has 1 aromatic carbocycles. The van der Waals surface area contributed by atoms with Gasteiger partial charge in [-0.2, -0.15) is 0 Å². The summed E-state index contributed by atoms with van der Waals surface area (Å²) < 4.78 is 0. The Morgan fingerprint density at radius 1 is 1.17 bits per heavy atom. The van der Waals surface area contributed by atoms with Gasteiger partial charge in [0.2, 0.25) is 0 Å². The van der Waals surface area contributed by atoms with Crippen LogP contribution in [0.1, 0.15) is 32.3 Å². The zero-order valence-corrected chi connectivity index (χ0v) is 11.7. The molecule has 0 fully saturated rings. The molecule has 0 N–H and O–H groups in total. The van der Waals surface area contributed by atoms with Gasteiger partial charge in [0, 0.05) is 12.7 Å². The Bertz CT molecular complexity index is 456. The number of likely N-dealkylation sites (N-methyl/N-ethyl adjacent to an activating group) is 1. The summed E-state index contributed by atoms with van der Waals surface area (Å²) in [6.45, 7) is 4.47. The average Bonchev–Trinajstić information content (AvgIpc) is 2.46. The maximum absolute atomic E-state index is 2.44. The minimum atomic E-state index is 0.521. The first-order valence-electron chi connectivity index (χ1n) is 6.94. The summed E-state index contributed by atoms with van der Waals surface area (Å²) in [5, 5.41) is 0. The summed E-state index contributed by atoms with van der Waals surface area (Å²) in [4.78, 5) is 2.44. The second kappa shape index (κ2) is 5.90. The Labute approximate surface area is 111 Å². The largest absolute Gasteiger partial charge is 0.367 e. The van der Waals surface area contributed by atoms with Crippen molar-refractivity contribution in [3.05, 3.63) is 53.6 Å². The minimum absolute atomic E-state index is 0.521. The van der Waals surface area contributed by atoms with Crippen LogP contribution in [0.25, 0.3) is 0 Å². The molecule has 0 bridgehead atoms. The van der Waals surface area contributed by atoms with Gasteiger partial charge >= 0.3 is 0 Å². The van der Waals surface area contributed by atoms with Gasteiger partial charge in [-0.3, -0.25) is 0 Å². The Hall–Kier alpha value is -1.50. The molecule has 2 rings (SSSR count). The highest BCUT2D eigenvalue weighted by Crippen LogP contribution is 2.28.